The summed E-state index contributed by atoms with van der Waals surface area (Å²) < 4.78 is 1.94. The first-order chi connectivity index (χ1) is 15.0. The van der Waals surface area contributed by atoms with Crippen LogP contribution in [0.2, 0.25) is 0 Å². The number of hydrogen-bond acceptors (Lipinski definition) is 4. The summed E-state index contributed by atoms with van der Waals surface area (Å²) in [6.07, 6.45) is 3.87. The molecule has 0 unspecified atom stereocenters. The summed E-state index contributed by atoms with van der Waals surface area (Å²) in [5.41, 5.74) is 3.80. The van der Waals surface area contributed by atoms with Gasteiger partial charge in [0.2, 0.25) is 5.91 Å². The molecule has 7 heteroatoms. The first kappa shape index (κ1) is 18.7. The fourth-order valence-corrected chi connectivity index (χ4v) is 3.72. The number of hydrogen-bond donors (Lipinski definition) is 1. The van der Waals surface area contributed by atoms with Crippen LogP contribution in [0.15, 0.2) is 79.1 Å². The van der Waals surface area contributed by atoms with Crippen molar-refractivity contribution in [3.05, 3.63) is 90.3 Å². The van der Waals surface area contributed by atoms with Crippen LogP contribution in [0.4, 0.5) is 5.69 Å². The lowest BCUT2D eigenvalue weighted by atomic mass is 10.1. The van der Waals surface area contributed by atoms with Gasteiger partial charge in [-0.05, 0) is 43.3 Å². The Balaban J connectivity index is 1.31. The van der Waals surface area contributed by atoms with Gasteiger partial charge in [0.25, 0.3) is 11.8 Å². The van der Waals surface area contributed by atoms with Gasteiger partial charge in [0.15, 0.2) is 0 Å². The zero-order chi connectivity index (χ0) is 21.5. The van der Waals surface area contributed by atoms with E-state index in [2.05, 4.69) is 10.3 Å². The number of pyridine rings is 1. The zero-order valence-electron chi connectivity index (χ0n) is 16.6. The van der Waals surface area contributed by atoms with Crippen LogP contribution in [0.3, 0.4) is 0 Å². The van der Waals surface area contributed by atoms with Gasteiger partial charge in [-0.15, -0.1) is 0 Å². The molecule has 31 heavy (non-hydrogen) atoms. The van der Waals surface area contributed by atoms with E-state index in [1.54, 1.807) is 43.3 Å². The lowest BCUT2D eigenvalue weighted by Gasteiger charge is -2.21. The summed E-state index contributed by atoms with van der Waals surface area (Å²) in [6, 6.07) is 18.7. The van der Waals surface area contributed by atoms with Gasteiger partial charge in [-0.1, -0.05) is 30.3 Å². The minimum absolute atomic E-state index is 0.323. The van der Waals surface area contributed by atoms with E-state index in [0.29, 0.717) is 16.8 Å². The molecule has 0 saturated heterocycles. The summed E-state index contributed by atoms with van der Waals surface area (Å²) in [4.78, 5) is 43.5. The van der Waals surface area contributed by atoms with Gasteiger partial charge in [-0.2, -0.15) is 0 Å². The Morgan fingerprint density at radius 3 is 2.19 bits per heavy atom. The van der Waals surface area contributed by atoms with E-state index < -0.39 is 23.8 Å². The van der Waals surface area contributed by atoms with E-state index in [0.717, 1.165) is 21.8 Å². The van der Waals surface area contributed by atoms with Crippen molar-refractivity contribution in [2.24, 2.45) is 0 Å². The minimum atomic E-state index is -0.939. The molecule has 5 rings (SSSR count). The standard InChI is InChI=1S/C24H18N4O3/c1-15(28-23(30)18-6-2-3-7-19(18)24(28)31)22(29)25-17-11-9-16(10-12-17)20-14-27-13-5-4-8-21(27)26-20/h2-15H,1H3,(H,25,29)/t15-/m0/s1. The average molecular weight is 410 g/mol. The molecule has 3 amide bonds. The molecule has 0 aliphatic carbocycles. The monoisotopic (exact) mass is 410 g/mol. The minimum Gasteiger partial charge on any atom is -0.324 e. The SMILES string of the molecule is C[C@@H](C(=O)Nc1ccc(-c2cn3ccccc3n2)cc1)N1C(=O)c2ccccc2C1=O. The predicted molar refractivity (Wildman–Crippen MR) is 116 cm³/mol. The molecule has 4 aromatic rings. The number of rotatable bonds is 4. The molecule has 0 spiro atoms. The van der Waals surface area contributed by atoms with E-state index in [-0.39, 0.29) is 0 Å². The van der Waals surface area contributed by atoms with Crippen LogP contribution in [0.1, 0.15) is 27.6 Å². The topological polar surface area (TPSA) is 83.8 Å². The largest absolute Gasteiger partial charge is 0.324 e. The molecule has 0 saturated carbocycles. The first-order valence-electron chi connectivity index (χ1n) is 9.85. The van der Waals surface area contributed by atoms with Crippen molar-refractivity contribution in [2.75, 3.05) is 5.32 Å². The highest BCUT2D eigenvalue weighted by Gasteiger charge is 2.40. The number of carbonyl (C=O) groups is 3. The Hall–Kier alpha value is -4.26. The highest BCUT2D eigenvalue weighted by molar-refractivity contribution is 6.23. The number of carbonyl (C=O) groups excluding carboxylic acids is 3. The van der Waals surface area contributed by atoms with E-state index in [4.69, 9.17) is 0 Å². The van der Waals surface area contributed by atoms with Gasteiger partial charge in [-0.3, -0.25) is 19.3 Å². The summed E-state index contributed by atoms with van der Waals surface area (Å²) in [7, 11) is 0. The van der Waals surface area contributed by atoms with Crippen molar-refractivity contribution >= 4 is 29.1 Å². The Kier molecular flexibility index (Phi) is 4.36. The summed E-state index contributed by atoms with van der Waals surface area (Å²) in [6.45, 7) is 1.54. The predicted octanol–water partition coefficient (Wildman–Crippen LogP) is 3.62. The zero-order valence-corrected chi connectivity index (χ0v) is 16.6. The molecule has 0 bridgehead atoms. The first-order valence-corrected chi connectivity index (χ1v) is 9.85. The van der Waals surface area contributed by atoms with Crippen molar-refractivity contribution in [1.29, 1.82) is 0 Å². The van der Waals surface area contributed by atoms with Crippen LogP contribution in [-0.4, -0.2) is 38.0 Å². The molecular weight excluding hydrogens is 392 g/mol. The molecule has 0 radical (unpaired) electrons. The van der Waals surface area contributed by atoms with E-state index in [1.807, 2.05) is 47.1 Å². The molecule has 0 fully saturated rings. The second-order valence-corrected chi connectivity index (χ2v) is 7.36. The Bertz CT molecular complexity index is 1270. The average Bonchev–Trinajstić information content (AvgIpc) is 3.33. The number of amides is 3. The van der Waals surface area contributed by atoms with Crippen LogP contribution < -0.4 is 5.32 Å². The molecule has 1 atom stereocenters. The molecule has 1 aliphatic rings. The van der Waals surface area contributed by atoms with Crippen molar-refractivity contribution < 1.29 is 14.4 Å². The molecule has 3 heterocycles. The molecule has 2 aromatic heterocycles. The Labute approximate surface area is 177 Å². The number of imidazole rings is 1. The van der Waals surface area contributed by atoms with Gasteiger partial charge < -0.3 is 9.72 Å². The number of nitrogens with zero attached hydrogens (tertiary/aromatic N) is 3. The van der Waals surface area contributed by atoms with Crippen molar-refractivity contribution in [3.8, 4) is 11.3 Å². The molecular formula is C24H18N4O3. The summed E-state index contributed by atoms with van der Waals surface area (Å²) in [5.74, 6) is -1.34. The summed E-state index contributed by atoms with van der Waals surface area (Å²) in [5, 5.41) is 2.78. The molecule has 152 valence electrons. The van der Waals surface area contributed by atoms with E-state index in [9.17, 15) is 14.4 Å². The van der Waals surface area contributed by atoms with Crippen LogP contribution in [0.25, 0.3) is 16.9 Å². The normalized spacial score (nSPS) is 14.0. The Morgan fingerprint density at radius 2 is 1.55 bits per heavy atom. The third-order valence-electron chi connectivity index (χ3n) is 5.40. The fourth-order valence-electron chi connectivity index (χ4n) is 3.72. The number of benzene rings is 2. The van der Waals surface area contributed by atoms with Gasteiger partial charge in [0.05, 0.1) is 16.8 Å². The molecule has 1 aliphatic heterocycles. The van der Waals surface area contributed by atoms with E-state index in [1.165, 1.54) is 0 Å². The third-order valence-corrected chi connectivity index (χ3v) is 5.40. The van der Waals surface area contributed by atoms with Crippen molar-refractivity contribution in [1.82, 2.24) is 14.3 Å². The smallest absolute Gasteiger partial charge is 0.262 e. The lowest BCUT2D eigenvalue weighted by Crippen LogP contribution is -2.45. The van der Waals surface area contributed by atoms with Gasteiger partial charge >= 0.3 is 0 Å². The van der Waals surface area contributed by atoms with Crippen molar-refractivity contribution in [2.45, 2.75) is 13.0 Å². The molecule has 7 nitrogen and oxygen atoms in total. The molecule has 2 aromatic carbocycles. The van der Waals surface area contributed by atoms with Crippen LogP contribution in [0, 0.1) is 0 Å². The number of aromatic nitrogens is 2. The highest BCUT2D eigenvalue weighted by atomic mass is 16.2. The maximum absolute atomic E-state index is 12.7. The van der Waals surface area contributed by atoms with Crippen LogP contribution in [0.5, 0.6) is 0 Å². The van der Waals surface area contributed by atoms with Crippen LogP contribution in [-0.2, 0) is 4.79 Å². The number of nitrogens with one attached hydrogen (secondary N) is 1. The number of imide groups is 1. The van der Waals surface area contributed by atoms with Gasteiger partial charge in [-0.25, -0.2) is 4.98 Å². The maximum Gasteiger partial charge on any atom is 0.262 e. The second-order valence-electron chi connectivity index (χ2n) is 7.36. The summed E-state index contributed by atoms with van der Waals surface area (Å²) >= 11 is 0. The van der Waals surface area contributed by atoms with Gasteiger partial charge in [0, 0.05) is 23.6 Å². The number of anilines is 1. The van der Waals surface area contributed by atoms with Gasteiger partial charge in [0.1, 0.15) is 11.7 Å². The third kappa shape index (κ3) is 3.16. The lowest BCUT2D eigenvalue weighted by molar-refractivity contribution is -0.119. The number of fused-ring (bicyclic) bond motifs is 2. The molecule has 1 N–H and O–H groups in total. The van der Waals surface area contributed by atoms with Crippen LogP contribution >= 0.6 is 0 Å². The Morgan fingerprint density at radius 1 is 0.903 bits per heavy atom. The quantitative estimate of drug-likeness (QED) is 0.521. The maximum atomic E-state index is 12.7. The van der Waals surface area contributed by atoms with Crippen molar-refractivity contribution in [3.63, 3.8) is 0 Å². The highest BCUT2D eigenvalue weighted by Crippen LogP contribution is 2.25. The second kappa shape index (κ2) is 7.21. The van der Waals surface area contributed by atoms with E-state index >= 15 is 0 Å². The fraction of sp³-hybridized carbons (Fsp3) is 0.0833.